The van der Waals surface area contributed by atoms with E-state index in [4.69, 9.17) is 9.78 Å². The molecule has 3 aromatic rings. The van der Waals surface area contributed by atoms with Crippen LogP contribution in [0.4, 0.5) is 0 Å². The zero-order chi connectivity index (χ0) is 20.4. The van der Waals surface area contributed by atoms with E-state index in [0.717, 1.165) is 11.1 Å². The molecule has 29 heavy (non-hydrogen) atoms. The Balaban J connectivity index is 1.46. The summed E-state index contributed by atoms with van der Waals surface area (Å²) in [7, 11) is -3.58. The minimum absolute atomic E-state index is 0.0592. The van der Waals surface area contributed by atoms with Crippen LogP contribution in [-0.4, -0.2) is 36.0 Å². The van der Waals surface area contributed by atoms with Crippen molar-refractivity contribution >= 4 is 10.0 Å². The van der Waals surface area contributed by atoms with Crippen LogP contribution in [0.5, 0.6) is 0 Å². The predicted octanol–water partition coefficient (Wildman–Crippen LogP) is 3.49. The second-order valence-corrected chi connectivity index (χ2v) is 9.03. The first kappa shape index (κ1) is 19.3. The lowest BCUT2D eigenvalue weighted by atomic mass is 9.97. The molecule has 2 heterocycles. The van der Waals surface area contributed by atoms with Crippen molar-refractivity contribution < 1.29 is 12.9 Å². The normalized spacial score (nSPS) is 15.9. The smallest absolute Gasteiger partial charge is 0.258 e. The maximum Gasteiger partial charge on any atom is 0.258 e. The van der Waals surface area contributed by atoms with Crippen molar-refractivity contribution in [3.63, 3.8) is 0 Å². The van der Waals surface area contributed by atoms with Crippen LogP contribution in [0.1, 0.15) is 35.7 Å². The van der Waals surface area contributed by atoms with Crippen molar-refractivity contribution in [3.8, 4) is 17.5 Å². The van der Waals surface area contributed by atoms with E-state index in [2.05, 4.69) is 10.1 Å². The van der Waals surface area contributed by atoms with Crippen molar-refractivity contribution in [2.75, 3.05) is 13.1 Å². The van der Waals surface area contributed by atoms with Gasteiger partial charge in [-0.2, -0.15) is 14.6 Å². The van der Waals surface area contributed by atoms with E-state index in [1.807, 2.05) is 37.3 Å². The molecule has 0 amide bonds. The summed E-state index contributed by atoms with van der Waals surface area (Å²) in [5, 5.41) is 13.0. The largest absolute Gasteiger partial charge is 0.334 e. The van der Waals surface area contributed by atoms with Crippen molar-refractivity contribution in [2.45, 2.75) is 30.6 Å². The number of benzene rings is 2. The summed E-state index contributed by atoms with van der Waals surface area (Å²) in [5.74, 6) is 1.17. The third-order valence-electron chi connectivity index (χ3n) is 5.26. The second kappa shape index (κ2) is 7.78. The van der Waals surface area contributed by atoms with Crippen molar-refractivity contribution in [3.05, 3.63) is 65.5 Å². The lowest BCUT2D eigenvalue weighted by Crippen LogP contribution is -2.38. The fourth-order valence-corrected chi connectivity index (χ4v) is 5.00. The molecule has 0 N–H and O–H groups in total. The number of rotatable bonds is 4. The highest BCUT2D eigenvalue weighted by Crippen LogP contribution is 2.31. The van der Waals surface area contributed by atoms with Gasteiger partial charge in [0.25, 0.3) is 5.89 Å². The highest BCUT2D eigenvalue weighted by molar-refractivity contribution is 7.89. The molecule has 1 fully saturated rings. The van der Waals surface area contributed by atoms with Crippen LogP contribution in [-0.2, 0) is 10.0 Å². The second-order valence-electron chi connectivity index (χ2n) is 7.09. The fourth-order valence-electron chi connectivity index (χ4n) is 3.53. The Hall–Kier alpha value is -3.02. The molecule has 0 radical (unpaired) electrons. The van der Waals surface area contributed by atoms with Crippen LogP contribution < -0.4 is 0 Å². The Labute approximate surface area is 169 Å². The summed E-state index contributed by atoms with van der Waals surface area (Å²) in [6.07, 6.45) is 1.25. The van der Waals surface area contributed by atoms with Gasteiger partial charge < -0.3 is 4.52 Å². The number of sulfonamides is 1. The maximum atomic E-state index is 12.8. The highest BCUT2D eigenvalue weighted by Gasteiger charge is 2.32. The van der Waals surface area contributed by atoms with Crippen molar-refractivity contribution in [1.82, 2.24) is 14.4 Å². The summed E-state index contributed by atoms with van der Waals surface area (Å²) < 4.78 is 32.6. The predicted molar refractivity (Wildman–Crippen MR) is 106 cm³/mol. The van der Waals surface area contributed by atoms with Gasteiger partial charge in [0.1, 0.15) is 0 Å². The van der Waals surface area contributed by atoms with E-state index in [-0.39, 0.29) is 10.8 Å². The average Bonchev–Trinajstić information content (AvgIpc) is 3.24. The average molecular weight is 408 g/mol. The molecule has 148 valence electrons. The van der Waals surface area contributed by atoms with Gasteiger partial charge in [0.05, 0.1) is 16.5 Å². The van der Waals surface area contributed by atoms with Gasteiger partial charge in [0, 0.05) is 24.6 Å². The quantitative estimate of drug-likeness (QED) is 0.655. The molecule has 0 bridgehead atoms. The SMILES string of the molecule is Cc1ccccc1-c1nc(C2CCN(S(=O)(=O)c3ccc(C#N)cc3)CC2)no1. The molecular formula is C21H20N4O3S. The van der Waals surface area contributed by atoms with Gasteiger partial charge in [-0.25, -0.2) is 8.42 Å². The third kappa shape index (κ3) is 3.79. The molecule has 2 aromatic carbocycles. The first-order valence-electron chi connectivity index (χ1n) is 9.39. The van der Waals surface area contributed by atoms with Crippen LogP contribution in [0.25, 0.3) is 11.5 Å². The summed E-state index contributed by atoms with van der Waals surface area (Å²) in [6, 6.07) is 15.8. The monoisotopic (exact) mass is 408 g/mol. The molecule has 0 saturated carbocycles. The molecule has 1 aliphatic rings. The standard InChI is InChI=1S/C21H20N4O3S/c1-15-4-2-3-5-19(15)21-23-20(24-28-21)17-10-12-25(13-11-17)29(26,27)18-8-6-16(14-22)7-9-18/h2-9,17H,10-13H2,1H3. The van der Waals surface area contributed by atoms with Gasteiger partial charge in [-0.05, 0) is 55.7 Å². The van der Waals surface area contributed by atoms with Gasteiger partial charge in [-0.1, -0.05) is 23.4 Å². The van der Waals surface area contributed by atoms with Gasteiger partial charge in [-0.3, -0.25) is 0 Å². The Morgan fingerprint density at radius 1 is 1.10 bits per heavy atom. The molecule has 1 aromatic heterocycles. The zero-order valence-electron chi connectivity index (χ0n) is 15.9. The topological polar surface area (TPSA) is 100 Å². The molecule has 8 heteroatoms. The molecule has 0 aliphatic carbocycles. The highest BCUT2D eigenvalue weighted by atomic mass is 32.2. The summed E-state index contributed by atoms with van der Waals surface area (Å²) in [5.41, 5.74) is 2.40. The van der Waals surface area contributed by atoms with Crippen LogP contribution >= 0.6 is 0 Å². The molecule has 0 unspecified atom stereocenters. The Bertz CT molecular complexity index is 1160. The molecule has 0 spiro atoms. The van der Waals surface area contributed by atoms with Crippen LogP contribution in [0.3, 0.4) is 0 Å². The van der Waals surface area contributed by atoms with E-state index in [0.29, 0.717) is 43.2 Å². The van der Waals surface area contributed by atoms with E-state index < -0.39 is 10.0 Å². The van der Waals surface area contributed by atoms with Crippen LogP contribution in [0, 0.1) is 18.3 Å². The lowest BCUT2D eigenvalue weighted by molar-refractivity contribution is 0.307. The van der Waals surface area contributed by atoms with E-state index in [1.165, 1.54) is 28.6 Å². The van der Waals surface area contributed by atoms with Crippen LogP contribution in [0.2, 0.25) is 0 Å². The Kier molecular flexibility index (Phi) is 5.18. The van der Waals surface area contributed by atoms with Gasteiger partial charge in [0.15, 0.2) is 5.82 Å². The molecule has 1 saturated heterocycles. The fraction of sp³-hybridized carbons (Fsp3) is 0.286. The van der Waals surface area contributed by atoms with Gasteiger partial charge in [0.2, 0.25) is 10.0 Å². The van der Waals surface area contributed by atoms with Crippen molar-refractivity contribution in [2.24, 2.45) is 0 Å². The first-order chi connectivity index (χ1) is 14.0. The first-order valence-corrected chi connectivity index (χ1v) is 10.8. The maximum absolute atomic E-state index is 12.8. The van der Waals surface area contributed by atoms with E-state index in [9.17, 15) is 8.42 Å². The van der Waals surface area contributed by atoms with Crippen LogP contribution in [0.15, 0.2) is 57.9 Å². The minimum atomic E-state index is -3.58. The third-order valence-corrected chi connectivity index (χ3v) is 7.17. The lowest BCUT2D eigenvalue weighted by Gasteiger charge is -2.29. The van der Waals surface area contributed by atoms with E-state index >= 15 is 0 Å². The number of aromatic nitrogens is 2. The number of hydrogen-bond donors (Lipinski definition) is 0. The summed E-state index contributed by atoms with van der Waals surface area (Å²) in [4.78, 5) is 4.76. The number of aryl methyl sites for hydroxylation is 1. The number of nitrogens with zero attached hydrogens (tertiary/aromatic N) is 4. The Morgan fingerprint density at radius 2 is 1.79 bits per heavy atom. The summed E-state index contributed by atoms with van der Waals surface area (Å²) in [6.45, 7) is 2.77. The van der Waals surface area contributed by atoms with Gasteiger partial charge in [-0.15, -0.1) is 0 Å². The minimum Gasteiger partial charge on any atom is -0.334 e. The molecule has 4 rings (SSSR count). The Morgan fingerprint density at radius 3 is 2.45 bits per heavy atom. The zero-order valence-corrected chi connectivity index (χ0v) is 16.8. The van der Waals surface area contributed by atoms with Gasteiger partial charge >= 0.3 is 0 Å². The molecule has 7 nitrogen and oxygen atoms in total. The van der Waals surface area contributed by atoms with E-state index in [1.54, 1.807) is 0 Å². The summed E-state index contributed by atoms with van der Waals surface area (Å²) >= 11 is 0. The van der Waals surface area contributed by atoms with Crippen molar-refractivity contribution in [1.29, 1.82) is 5.26 Å². The molecule has 1 aliphatic heterocycles. The number of nitriles is 1. The number of piperidine rings is 1. The number of hydrogen-bond acceptors (Lipinski definition) is 6. The molecular weight excluding hydrogens is 388 g/mol. The molecule has 0 atom stereocenters.